The van der Waals surface area contributed by atoms with E-state index in [9.17, 15) is 4.39 Å². The molecule has 0 aliphatic carbocycles. The van der Waals surface area contributed by atoms with E-state index in [2.05, 4.69) is 9.97 Å². The van der Waals surface area contributed by atoms with Crippen molar-refractivity contribution in [2.24, 2.45) is 0 Å². The Hall–Kier alpha value is -2.23. The third-order valence-corrected chi connectivity index (χ3v) is 2.42. The summed E-state index contributed by atoms with van der Waals surface area (Å²) >= 11 is 0. The molecule has 0 radical (unpaired) electrons. The van der Waals surface area contributed by atoms with Crippen molar-refractivity contribution in [2.45, 2.75) is 0 Å². The summed E-state index contributed by atoms with van der Waals surface area (Å²) in [6.45, 7) is 0. The Balaban J connectivity index is 2.29. The van der Waals surface area contributed by atoms with Gasteiger partial charge in [-0.1, -0.05) is 0 Å². The first-order valence-corrected chi connectivity index (χ1v) is 4.88. The lowest BCUT2D eigenvalue weighted by atomic mass is 10.2. The van der Waals surface area contributed by atoms with E-state index in [4.69, 9.17) is 0 Å². The van der Waals surface area contributed by atoms with Crippen LogP contribution in [0, 0.1) is 5.82 Å². The molecule has 0 unspecified atom stereocenters. The second kappa shape index (κ2) is 3.41. The van der Waals surface area contributed by atoms with Crippen molar-refractivity contribution < 1.29 is 4.39 Å². The smallest absolute Gasteiger partial charge is 0.234 e. The van der Waals surface area contributed by atoms with Crippen LogP contribution in [0.3, 0.4) is 0 Å². The van der Waals surface area contributed by atoms with E-state index in [0.29, 0.717) is 5.95 Å². The first kappa shape index (κ1) is 9.03. The van der Waals surface area contributed by atoms with Crippen molar-refractivity contribution in [1.82, 2.24) is 14.5 Å². The summed E-state index contributed by atoms with van der Waals surface area (Å²) in [5, 5.41) is 0.967. The quantitative estimate of drug-likeness (QED) is 0.622. The van der Waals surface area contributed by atoms with E-state index in [1.807, 2.05) is 12.3 Å². The fraction of sp³-hybridized carbons (Fsp3) is 0. The van der Waals surface area contributed by atoms with Gasteiger partial charge in [-0.15, -0.1) is 0 Å². The minimum atomic E-state index is -0.261. The lowest BCUT2D eigenvalue weighted by molar-refractivity contribution is 0.629. The first-order chi connectivity index (χ1) is 7.84. The van der Waals surface area contributed by atoms with Gasteiger partial charge in [0.1, 0.15) is 5.82 Å². The van der Waals surface area contributed by atoms with Gasteiger partial charge in [0.05, 0.1) is 5.52 Å². The van der Waals surface area contributed by atoms with Crippen LogP contribution in [-0.4, -0.2) is 14.5 Å². The second-order valence-corrected chi connectivity index (χ2v) is 3.44. The Morgan fingerprint density at radius 1 is 1.06 bits per heavy atom. The number of fused-ring (bicyclic) bond motifs is 1. The predicted octanol–water partition coefficient (Wildman–Crippen LogP) is 2.56. The summed E-state index contributed by atoms with van der Waals surface area (Å²) in [7, 11) is 0. The molecule has 2 heterocycles. The van der Waals surface area contributed by atoms with Gasteiger partial charge in [0.2, 0.25) is 5.95 Å². The van der Waals surface area contributed by atoms with E-state index in [-0.39, 0.29) is 5.82 Å². The molecule has 78 valence electrons. The van der Waals surface area contributed by atoms with E-state index in [0.717, 1.165) is 10.9 Å². The number of benzene rings is 1. The molecule has 0 saturated heterocycles. The molecule has 1 aromatic carbocycles. The Morgan fingerprint density at radius 3 is 2.69 bits per heavy atom. The van der Waals surface area contributed by atoms with Crippen LogP contribution in [0.4, 0.5) is 4.39 Å². The zero-order valence-electron chi connectivity index (χ0n) is 8.34. The van der Waals surface area contributed by atoms with Gasteiger partial charge in [-0.3, -0.25) is 4.57 Å². The highest BCUT2D eigenvalue weighted by atomic mass is 19.1. The van der Waals surface area contributed by atoms with Crippen molar-refractivity contribution in [3.8, 4) is 5.95 Å². The van der Waals surface area contributed by atoms with E-state index < -0.39 is 0 Å². The van der Waals surface area contributed by atoms with Crippen molar-refractivity contribution in [3.05, 3.63) is 54.7 Å². The predicted molar refractivity (Wildman–Crippen MR) is 58.8 cm³/mol. The lowest BCUT2D eigenvalue weighted by Gasteiger charge is -2.02. The number of nitrogens with zero attached hydrogens (tertiary/aromatic N) is 3. The number of halogens is 1. The Kier molecular flexibility index (Phi) is 1.93. The van der Waals surface area contributed by atoms with Gasteiger partial charge in [-0.2, -0.15) is 0 Å². The Labute approximate surface area is 91.2 Å². The van der Waals surface area contributed by atoms with Gasteiger partial charge in [-0.05, 0) is 30.3 Å². The molecule has 16 heavy (non-hydrogen) atoms. The van der Waals surface area contributed by atoms with Crippen LogP contribution < -0.4 is 0 Å². The van der Waals surface area contributed by atoms with E-state index >= 15 is 0 Å². The van der Waals surface area contributed by atoms with Crippen molar-refractivity contribution in [2.75, 3.05) is 0 Å². The van der Waals surface area contributed by atoms with Crippen LogP contribution in [0.1, 0.15) is 0 Å². The van der Waals surface area contributed by atoms with Crippen LogP contribution in [0.15, 0.2) is 48.9 Å². The SMILES string of the molecule is Fc1ccc2ccn(-c3ncccn3)c2c1. The molecular formula is C12H8FN3. The maximum atomic E-state index is 13.2. The van der Waals surface area contributed by atoms with Crippen LogP contribution in [0.5, 0.6) is 0 Å². The van der Waals surface area contributed by atoms with Crippen molar-refractivity contribution >= 4 is 10.9 Å². The third kappa shape index (κ3) is 1.35. The number of rotatable bonds is 1. The van der Waals surface area contributed by atoms with Crippen LogP contribution in [0.2, 0.25) is 0 Å². The maximum absolute atomic E-state index is 13.2. The van der Waals surface area contributed by atoms with Gasteiger partial charge >= 0.3 is 0 Å². The molecule has 3 rings (SSSR count). The largest absolute Gasteiger partial charge is 0.285 e. The summed E-state index contributed by atoms with van der Waals surface area (Å²) in [6, 6.07) is 8.31. The molecule has 4 heteroatoms. The normalized spacial score (nSPS) is 10.8. The zero-order valence-corrected chi connectivity index (χ0v) is 8.34. The summed E-state index contributed by atoms with van der Waals surface area (Å²) in [4.78, 5) is 8.26. The molecule has 2 aromatic heterocycles. The molecule has 0 N–H and O–H groups in total. The van der Waals surface area contributed by atoms with E-state index in [1.165, 1.54) is 12.1 Å². The monoisotopic (exact) mass is 213 g/mol. The number of aromatic nitrogens is 3. The van der Waals surface area contributed by atoms with Crippen molar-refractivity contribution in [3.63, 3.8) is 0 Å². The lowest BCUT2D eigenvalue weighted by Crippen LogP contribution is -1.97. The summed E-state index contributed by atoms with van der Waals surface area (Å²) in [5.41, 5.74) is 0.770. The number of hydrogen-bond acceptors (Lipinski definition) is 2. The highest BCUT2D eigenvalue weighted by Crippen LogP contribution is 2.19. The van der Waals surface area contributed by atoms with Gasteiger partial charge in [0, 0.05) is 24.0 Å². The Morgan fingerprint density at radius 2 is 1.88 bits per heavy atom. The summed E-state index contributed by atoms with van der Waals surface area (Å²) in [5.74, 6) is 0.284. The van der Waals surface area contributed by atoms with Gasteiger partial charge in [0.25, 0.3) is 0 Å². The highest BCUT2D eigenvalue weighted by Gasteiger charge is 2.05. The molecule has 3 nitrogen and oxygen atoms in total. The minimum absolute atomic E-state index is 0.261. The fourth-order valence-corrected chi connectivity index (χ4v) is 1.69. The average molecular weight is 213 g/mol. The minimum Gasteiger partial charge on any atom is -0.285 e. The molecular weight excluding hydrogens is 205 g/mol. The molecule has 0 aliphatic heterocycles. The molecule has 0 saturated carbocycles. The van der Waals surface area contributed by atoms with Crippen molar-refractivity contribution in [1.29, 1.82) is 0 Å². The molecule has 0 fully saturated rings. The molecule has 0 amide bonds. The first-order valence-electron chi connectivity index (χ1n) is 4.88. The molecule has 3 aromatic rings. The molecule has 0 spiro atoms. The molecule has 0 aliphatic rings. The fourth-order valence-electron chi connectivity index (χ4n) is 1.69. The average Bonchev–Trinajstić information content (AvgIpc) is 2.73. The second-order valence-electron chi connectivity index (χ2n) is 3.44. The van der Waals surface area contributed by atoms with Crippen LogP contribution in [-0.2, 0) is 0 Å². The van der Waals surface area contributed by atoms with Gasteiger partial charge in [0.15, 0.2) is 0 Å². The zero-order chi connectivity index (χ0) is 11.0. The van der Waals surface area contributed by atoms with Crippen LogP contribution >= 0.6 is 0 Å². The topological polar surface area (TPSA) is 30.7 Å². The molecule has 0 bridgehead atoms. The Bertz CT molecular complexity index is 631. The maximum Gasteiger partial charge on any atom is 0.234 e. The van der Waals surface area contributed by atoms with E-state index in [1.54, 1.807) is 29.1 Å². The van der Waals surface area contributed by atoms with Gasteiger partial charge in [-0.25, -0.2) is 14.4 Å². The number of hydrogen-bond donors (Lipinski definition) is 0. The van der Waals surface area contributed by atoms with Crippen LogP contribution in [0.25, 0.3) is 16.9 Å². The third-order valence-electron chi connectivity index (χ3n) is 2.42. The highest BCUT2D eigenvalue weighted by molar-refractivity contribution is 5.81. The van der Waals surface area contributed by atoms with Gasteiger partial charge < -0.3 is 0 Å². The summed E-state index contributed by atoms with van der Waals surface area (Å²) in [6.07, 6.45) is 5.15. The summed E-state index contributed by atoms with van der Waals surface area (Å²) < 4.78 is 14.9. The standard InChI is InChI=1S/C12H8FN3/c13-10-3-2-9-4-7-16(11(9)8-10)12-14-5-1-6-15-12/h1-8H. The molecule has 0 atom stereocenters.